The fourth-order valence-corrected chi connectivity index (χ4v) is 4.01. The Morgan fingerprint density at radius 1 is 1.30 bits per heavy atom. The van der Waals surface area contributed by atoms with E-state index in [9.17, 15) is 23.1 Å². The summed E-state index contributed by atoms with van der Waals surface area (Å²) in [5.41, 5.74) is -0.933. The lowest BCUT2D eigenvalue weighted by Gasteiger charge is -2.32. The van der Waals surface area contributed by atoms with Crippen molar-refractivity contribution in [3.05, 3.63) is 0 Å². The SMILES string of the molecule is CC1(C(=O)O)CCCC1NC(=O)N1CCS(=O)(=O)CC1. The van der Waals surface area contributed by atoms with Crippen LogP contribution in [0.3, 0.4) is 0 Å². The standard InChI is InChI=1S/C12H20N2O5S/c1-12(10(15)16)4-2-3-9(12)13-11(17)14-5-7-20(18,19)8-6-14/h9H,2-8H2,1H3,(H,13,17)(H,15,16). The van der Waals surface area contributed by atoms with Gasteiger partial charge in [-0.2, -0.15) is 0 Å². The zero-order chi connectivity index (χ0) is 15.0. The molecule has 0 aromatic heterocycles. The van der Waals surface area contributed by atoms with Crippen molar-refractivity contribution in [1.82, 2.24) is 10.2 Å². The number of nitrogens with zero attached hydrogens (tertiary/aromatic N) is 1. The number of urea groups is 1. The summed E-state index contributed by atoms with van der Waals surface area (Å²) in [7, 11) is -3.03. The lowest BCUT2D eigenvalue weighted by molar-refractivity contribution is -0.148. The molecule has 0 aromatic rings. The minimum Gasteiger partial charge on any atom is -0.481 e. The highest BCUT2D eigenvalue weighted by molar-refractivity contribution is 7.91. The molecule has 2 amide bonds. The van der Waals surface area contributed by atoms with Crippen LogP contribution in [-0.4, -0.2) is 61.1 Å². The Morgan fingerprint density at radius 2 is 1.90 bits per heavy atom. The molecule has 2 aliphatic rings. The van der Waals surface area contributed by atoms with Gasteiger partial charge in [0, 0.05) is 19.1 Å². The van der Waals surface area contributed by atoms with Gasteiger partial charge in [-0.25, -0.2) is 13.2 Å². The Labute approximate surface area is 118 Å². The fourth-order valence-electron chi connectivity index (χ4n) is 2.81. The van der Waals surface area contributed by atoms with Crippen LogP contribution >= 0.6 is 0 Å². The molecule has 114 valence electrons. The quantitative estimate of drug-likeness (QED) is 0.751. The summed E-state index contributed by atoms with van der Waals surface area (Å²) >= 11 is 0. The van der Waals surface area contributed by atoms with E-state index in [1.807, 2.05) is 0 Å². The minimum absolute atomic E-state index is 0.0265. The smallest absolute Gasteiger partial charge is 0.317 e. The van der Waals surface area contributed by atoms with Crippen molar-refractivity contribution in [2.75, 3.05) is 24.6 Å². The van der Waals surface area contributed by atoms with Crippen molar-refractivity contribution in [3.8, 4) is 0 Å². The van der Waals surface area contributed by atoms with Gasteiger partial charge in [-0.05, 0) is 19.8 Å². The molecule has 2 unspecified atom stereocenters. The maximum absolute atomic E-state index is 12.1. The van der Waals surface area contributed by atoms with Gasteiger partial charge < -0.3 is 15.3 Å². The van der Waals surface area contributed by atoms with Gasteiger partial charge >= 0.3 is 12.0 Å². The predicted octanol–water partition coefficient (Wildman–Crippen LogP) is 0.0698. The molecule has 1 heterocycles. The third kappa shape index (κ3) is 2.89. The monoisotopic (exact) mass is 304 g/mol. The van der Waals surface area contributed by atoms with E-state index in [0.29, 0.717) is 12.8 Å². The second-order valence-corrected chi connectivity index (χ2v) is 8.06. The van der Waals surface area contributed by atoms with Crippen molar-refractivity contribution in [2.24, 2.45) is 5.41 Å². The van der Waals surface area contributed by atoms with Gasteiger partial charge in [0.1, 0.15) is 0 Å². The molecule has 0 aromatic carbocycles. The molecule has 1 aliphatic carbocycles. The Bertz CT molecular complexity index is 504. The maximum Gasteiger partial charge on any atom is 0.317 e. The normalized spacial score (nSPS) is 32.9. The molecule has 8 heteroatoms. The van der Waals surface area contributed by atoms with E-state index in [-0.39, 0.29) is 30.6 Å². The molecule has 0 radical (unpaired) electrons. The number of hydrogen-bond donors (Lipinski definition) is 2. The van der Waals surface area contributed by atoms with Crippen molar-refractivity contribution >= 4 is 21.8 Å². The molecule has 1 saturated carbocycles. The third-order valence-corrected chi connectivity index (χ3v) is 5.99. The molecular formula is C12H20N2O5S. The minimum atomic E-state index is -3.03. The largest absolute Gasteiger partial charge is 0.481 e. The van der Waals surface area contributed by atoms with Gasteiger partial charge in [-0.3, -0.25) is 4.79 Å². The first-order chi connectivity index (χ1) is 9.24. The molecule has 7 nitrogen and oxygen atoms in total. The van der Waals surface area contributed by atoms with Crippen LogP contribution < -0.4 is 5.32 Å². The Hall–Kier alpha value is -1.31. The zero-order valence-electron chi connectivity index (χ0n) is 11.5. The number of hydrogen-bond acceptors (Lipinski definition) is 4. The van der Waals surface area contributed by atoms with Crippen LogP contribution in [-0.2, 0) is 14.6 Å². The predicted molar refractivity (Wildman–Crippen MR) is 72.1 cm³/mol. The first-order valence-corrected chi connectivity index (χ1v) is 8.56. The van der Waals surface area contributed by atoms with Crippen LogP contribution in [0.15, 0.2) is 0 Å². The summed E-state index contributed by atoms with van der Waals surface area (Å²) in [6, 6.07) is -0.759. The highest BCUT2D eigenvalue weighted by Crippen LogP contribution is 2.38. The van der Waals surface area contributed by atoms with Gasteiger partial charge in [0.25, 0.3) is 0 Å². The van der Waals surface area contributed by atoms with Crippen LogP contribution in [0.25, 0.3) is 0 Å². The second kappa shape index (κ2) is 5.23. The van der Waals surface area contributed by atoms with Crippen molar-refractivity contribution in [1.29, 1.82) is 0 Å². The maximum atomic E-state index is 12.1. The molecule has 1 aliphatic heterocycles. The fraction of sp³-hybridized carbons (Fsp3) is 0.833. The number of amides is 2. The van der Waals surface area contributed by atoms with Crippen LogP contribution in [0.2, 0.25) is 0 Å². The molecular weight excluding hydrogens is 284 g/mol. The molecule has 0 spiro atoms. The van der Waals surface area contributed by atoms with Crippen LogP contribution in [0.5, 0.6) is 0 Å². The van der Waals surface area contributed by atoms with Gasteiger partial charge in [0.05, 0.1) is 16.9 Å². The molecule has 2 N–H and O–H groups in total. The van der Waals surface area contributed by atoms with Crippen LogP contribution in [0.4, 0.5) is 4.79 Å². The molecule has 2 fully saturated rings. The van der Waals surface area contributed by atoms with E-state index in [4.69, 9.17) is 0 Å². The van der Waals surface area contributed by atoms with E-state index in [0.717, 1.165) is 6.42 Å². The molecule has 2 rings (SSSR count). The first kappa shape index (κ1) is 15.1. The Kier molecular flexibility index (Phi) is 3.95. The summed E-state index contributed by atoms with van der Waals surface area (Å²) in [5.74, 6) is -0.954. The number of carbonyl (C=O) groups excluding carboxylic acids is 1. The number of aliphatic carboxylic acids is 1. The summed E-state index contributed by atoms with van der Waals surface area (Å²) in [4.78, 5) is 24.9. The summed E-state index contributed by atoms with van der Waals surface area (Å²) in [6.07, 6.45) is 1.95. The average Bonchev–Trinajstić information content (AvgIpc) is 2.72. The lowest BCUT2D eigenvalue weighted by Crippen LogP contribution is -2.54. The first-order valence-electron chi connectivity index (χ1n) is 6.74. The number of carboxylic acid groups (broad SMARTS) is 1. The van der Waals surface area contributed by atoms with E-state index in [1.54, 1.807) is 6.92 Å². The van der Waals surface area contributed by atoms with E-state index >= 15 is 0 Å². The average molecular weight is 304 g/mol. The van der Waals surface area contributed by atoms with Gasteiger partial charge in [-0.1, -0.05) is 6.42 Å². The summed E-state index contributed by atoms with van der Waals surface area (Å²) in [5, 5.41) is 12.0. The Morgan fingerprint density at radius 3 is 2.45 bits per heavy atom. The van der Waals surface area contributed by atoms with E-state index < -0.39 is 27.3 Å². The molecule has 1 saturated heterocycles. The van der Waals surface area contributed by atoms with Gasteiger partial charge in [-0.15, -0.1) is 0 Å². The Balaban J connectivity index is 1.97. The number of carbonyl (C=O) groups is 2. The van der Waals surface area contributed by atoms with E-state index in [1.165, 1.54) is 4.90 Å². The lowest BCUT2D eigenvalue weighted by atomic mass is 9.85. The van der Waals surface area contributed by atoms with Crippen molar-refractivity contribution < 1.29 is 23.1 Å². The zero-order valence-corrected chi connectivity index (χ0v) is 12.3. The second-order valence-electron chi connectivity index (χ2n) is 5.76. The number of carboxylic acids is 1. The van der Waals surface area contributed by atoms with E-state index in [2.05, 4.69) is 5.32 Å². The van der Waals surface area contributed by atoms with Crippen molar-refractivity contribution in [2.45, 2.75) is 32.2 Å². The van der Waals surface area contributed by atoms with Crippen molar-refractivity contribution in [3.63, 3.8) is 0 Å². The highest BCUT2D eigenvalue weighted by atomic mass is 32.2. The topological polar surface area (TPSA) is 104 Å². The van der Waals surface area contributed by atoms with Gasteiger partial charge in [0.2, 0.25) is 0 Å². The van der Waals surface area contributed by atoms with Crippen LogP contribution in [0, 0.1) is 5.41 Å². The van der Waals surface area contributed by atoms with Crippen LogP contribution in [0.1, 0.15) is 26.2 Å². The summed E-state index contributed by atoms with van der Waals surface area (Å²) in [6.45, 7) is 1.99. The summed E-state index contributed by atoms with van der Waals surface area (Å²) < 4.78 is 22.6. The molecule has 20 heavy (non-hydrogen) atoms. The number of sulfone groups is 1. The number of nitrogens with one attached hydrogen (secondary N) is 1. The van der Waals surface area contributed by atoms with Gasteiger partial charge in [0.15, 0.2) is 9.84 Å². The molecule has 0 bridgehead atoms. The third-order valence-electron chi connectivity index (χ3n) is 4.38. The highest BCUT2D eigenvalue weighted by Gasteiger charge is 2.46. The number of rotatable bonds is 2. The molecule has 2 atom stereocenters.